The Bertz CT molecular complexity index is 425. The van der Waals surface area contributed by atoms with E-state index < -0.39 is 0 Å². The first kappa shape index (κ1) is 8.78. The van der Waals surface area contributed by atoms with Crippen molar-refractivity contribution in [2.24, 2.45) is 0 Å². The van der Waals surface area contributed by atoms with Crippen molar-refractivity contribution in [1.29, 1.82) is 0 Å². The quantitative estimate of drug-likeness (QED) is 0.766. The maximum atomic E-state index is 5.91. The van der Waals surface area contributed by atoms with Crippen molar-refractivity contribution in [3.63, 3.8) is 0 Å². The van der Waals surface area contributed by atoms with Gasteiger partial charge in [0.15, 0.2) is 0 Å². The SMILES string of the molecule is Clc1ccnn1-c1cccc(Br)c1. The molecule has 0 saturated carbocycles. The second-order valence-electron chi connectivity index (χ2n) is 2.55. The van der Waals surface area contributed by atoms with Crippen LogP contribution in [0.1, 0.15) is 0 Å². The molecule has 0 amide bonds. The minimum Gasteiger partial charge on any atom is -0.222 e. The van der Waals surface area contributed by atoms with Gasteiger partial charge in [-0.3, -0.25) is 0 Å². The number of halogens is 2. The molecule has 0 bridgehead atoms. The molecular formula is C9H6BrClN2. The van der Waals surface area contributed by atoms with Crippen LogP contribution in [-0.2, 0) is 0 Å². The zero-order valence-electron chi connectivity index (χ0n) is 6.61. The molecule has 4 heteroatoms. The van der Waals surface area contributed by atoms with Crippen molar-refractivity contribution in [2.75, 3.05) is 0 Å². The fourth-order valence-electron chi connectivity index (χ4n) is 1.09. The molecule has 0 atom stereocenters. The highest BCUT2D eigenvalue weighted by Crippen LogP contribution is 2.18. The lowest BCUT2D eigenvalue weighted by molar-refractivity contribution is 0.880. The first-order chi connectivity index (χ1) is 6.27. The summed E-state index contributed by atoms with van der Waals surface area (Å²) in [5, 5.41) is 4.70. The van der Waals surface area contributed by atoms with E-state index in [-0.39, 0.29) is 0 Å². The number of hydrogen-bond acceptors (Lipinski definition) is 1. The van der Waals surface area contributed by atoms with Crippen molar-refractivity contribution in [2.45, 2.75) is 0 Å². The average molecular weight is 258 g/mol. The Hall–Kier alpha value is -0.800. The van der Waals surface area contributed by atoms with E-state index in [1.807, 2.05) is 24.3 Å². The van der Waals surface area contributed by atoms with Crippen LogP contribution in [0.4, 0.5) is 0 Å². The van der Waals surface area contributed by atoms with E-state index in [1.165, 1.54) is 0 Å². The molecule has 0 fully saturated rings. The van der Waals surface area contributed by atoms with Crippen molar-refractivity contribution < 1.29 is 0 Å². The molecule has 2 rings (SSSR count). The fraction of sp³-hybridized carbons (Fsp3) is 0. The maximum Gasteiger partial charge on any atom is 0.132 e. The van der Waals surface area contributed by atoms with Crippen molar-refractivity contribution in [3.8, 4) is 5.69 Å². The second-order valence-corrected chi connectivity index (χ2v) is 3.85. The highest BCUT2D eigenvalue weighted by Gasteiger charge is 2.01. The van der Waals surface area contributed by atoms with Gasteiger partial charge in [-0.2, -0.15) is 5.10 Å². The lowest BCUT2D eigenvalue weighted by atomic mass is 10.3. The minimum absolute atomic E-state index is 0.609. The van der Waals surface area contributed by atoms with E-state index in [4.69, 9.17) is 11.6 Å². The standard InChI is InChI=1S/C9H6BrClN2/c10-7-2-1-3-8(6-7)13-9(11)4-5-12-13/h1-6H. The van der Waals surface area contributed by atoms with Gasteiger partial charge >= 0.3 is 0 Å². The van der Waals surface area contributed by atoms with Crippen LogP contribution in [-0.4, -0.2) is 9.78 Å². The molecular weight excluding hydrogens is 251 g/mol. The highest BCUT2D eigenvalue weighted by atomic mass is 79.9. The zero-order valence-corrected chi connectivity index (χ0v) is 8.96. The third-order valence-electron chi connectivity index (χ3n) is 1.65. The Morgan fingerprint density at radius 3 is 2.77 bits per heavy atom. The molecule has 2 aromatic rings. The van der Waals surface area contributed by atoms with Gasteiger partial charge < -0.3 is 0 Å². The summed E-state index contributed by atoms with van der Waals surface area (Å²) in [7, 11) is 0. The van der Waals surface area contributed by atoms with Gasteiger partial charge in [0.25, 0.3) is 0 Å². The minimum atomic E-state index is 0.609. The highest BCUT2D eigenvalue weighted by molar-refractivity contribution is 9.10. The summed E-state index contributed by atoms with van der Waals surface area (Å²) in [6, 6.07) is 9.56. The van der Waals surface area contributed by atoms with Crippen molar-refractivity contribution in [3.05, 3.63) is 46.2 Å². The van der Waals surface area contributed by atoms with E-state index in [0.29, 0.717) is 5.15 Å². The summed E-state index contributed by atoms with van der Waals surface area (Å²) in [5.74, 6) is 0. The Kier molecular flexibility index (Phi) is 2.38. The van der Waals surface area contributed by atoms with E-state index >= 15 is 0 Å². The molecule has 66 valence electrons. The number of nitrogens with zero attached hydrogens (tertiary/aromatic N) is 2. The van der Waals surface area contributed by atoms with Crippen molar-refractivity contribution in [1.82, 2.24) is 9.78 Å². The summed E-state index contributed by atoms with van der Waals surface area (Å²) < 4.78 is 2.68. The summed E-state index contributed by atoms with van der Waals surface area (Å²) in [5.41, 5.74) is 0.948. The third kappa shape index (κ3) is 1.76. The molecule has 0 aliphatic carbocycles. The lowest BCUT2D eigenvalue weighted by Crippen LogP contribution is -1.95. The smallest absolute Gasteiger partial charge is 0.132 e. The van der Waals surface area contributed by atoms with E-state index in [1.54, 1.807) is 16.9 Å². The van der Waals surface area contributed by atoms with Crippen LogP contribution in [0.5, 0.6) is 0 Å². The molecule has 0 spiro atoms. The molecule has 1 aromatic heterocycles. The Labute approximate surface area is 89.3 Å². The van der Waals surface area contributed by atoms with Crippen LogP contribution >= 0.6 is 27.5 Å². The van der Waals surface area contributed by atoms with Crippen molar-refractivity contribution >= 4 is 27.5 Å². The Balaban J connectivity index is 2.53. The number of aromatic nitrogens is 2. The van der Waals surface area contributed by atoms with Crippen LogP contribution in [0, 0.1) is 0 Å². The van der Waals surface area contributed by atoms with Gasteiger partial charge in [-0.15, -0.1) is 0 Å². The predicted octanol–water partition coefficient (Wildman–Crippen LogP) is 3.29. The molecule has 0 N–H and O–H groups in total. The monoisotopic (exact) mass is 256 g/mol. The molecule has 1 heterocycles. The lowest BCUT2D eigenvalue weighted by Gasteiger charge is -2.02. The molecule has 0 aliphatic heterocycles. The molecule has 0 radical (unpaired) electrons. The first-order valence-corrected chi connectivity index (χ1v) is 4.90. The van der Waals surface area contributed by atoms with Gasteiger partial charge in [-0.05, 0) is 24.3 Å². The van der Waals surface area contributed by atoms with Gasteiger partial charge in [-0.25, -0.2) is 4.68 Å². The molecule has 0 unspecified atom stereocenters. The summed E-state index contributed by atoms with van der Waals surface area (Å²) >= 11 is 9.30. The van der Waals surface area contributed by atoms with E-state index in [9.17, 15) is 0 Å². The molecule has 2 nitrogen and oxygen atoms in total. The normalized spacial score (nSPS) is 10.3. The second kappa shape index (κ2) is 3.52. The van der Waals surface area contributed by atoms with Gasteiger partial charge in [0.2, 0.25) is 0 Å². The van der Waals surface area contributed by atoms with E-state index in [0.717, 1.165) is 10.2 Å². The number of benzene rings is 1. The largest absolute Gasteiger partial charge is 0.222 e. The molecule has 1 aromatic carbocycles. The van der Waals surface area contributed by atoms with Gasteiger partial charge in [-0.1, -0.05) is 33.6 Å². The molecule has 0 aliphatic rings. The van der Waals surface area contributed by atoms with Crippen LogP contribution in [0.25, 0.3) is 5.69 Å². The van der Waals surface area contributed by atoms with E-state index in [2.05, 4.69) is 21.0 Å². The Morgan fingerprint density at radius 2 is 2.15 bits per heavy atom. The number of rotatable bonds is 1. The van der Waals surface area contributed by atoms with Gasteiger partial charge in [0.1, 0.15) is 5.15 Å². The van der Waals surface area contributed by atoms with Gasteiger partial charge in [0.05, 0.1) is 11.9 Å². The topological polar surface area (TPSA) is 17.8 Å². The van der Waals surface area contributed by atoms with Gasteiger partial charge in [0, 0.05) is 4.47 Å². The first-order valence-electron chi connectivity index (χ1n) is 3.73. The zero-order chi connectivity index (χ0) is 9.26. The number of hydrogen-bond donors (Lipinski definition) is 0. The van der Waals surface area contributed by atoms with Crippen LogP contribution in [0.15, 0.2) is 41.0 Å². The predicted molar refractivity (Wildman–Crippen MR) is 56.3 cm³/mol. The molecule has 13 heavy (non-hydrogen) atoms. The fourth-order valence-corrected chi connectivity index (χ4v) is 1.67. The van der Waals surface area contributed by atoms with Crippen LogP contribution < -0.4 is 0 Å². The van der Waals surface area contributed by atoms with Crippen LogP contribution in [0.3, 0.4) is 0 Å². The summed E-state index contributed by atoms with van der Waals surface area (Å²) in [4.78, 5) is 0. The summed E-state index contributed by atoms with van der Waals surface area (Å²) in [6.07, 6.45) is 1.67. The maximum absolute atomic E-state index is 5.91. The van der Waals surface area contributed by atoms with Crippen LogP contribution in [0.2, 0.25) is 5.15 Å². The Morgan fingerprint density at radius 1 is 1.31 bits per heavy atom. The average Bonchev–Trinajstić information content (AvgIpc) is 2.51. The summed E-state index contributed by atoms with van der Waals surface area (Å²) in [6.45, 7) is 0. The molecule has 0 saturated heterocycles. The third-order valence-corrected chi connectivity index (χ3v) is 2.43.